The lowest BCUT2D eigenvalue weighted by molar-refractivity contribution is 0.385. The Morgan fingerprint density at radius 2 is 1.52 bits per heavy atom. The van der Waals surface area contributed by atoms with E-state index >= 15 is 0 Å². The molecule has 2 aliphatic rings. The molecule has 0 radical (unpaired) electrons. The van der Waals surface area contributed by atoms with Crippen molar-refractivity contribution in [2.24, 2.45) is 29.6 Å². The van der Waals surface area contributed by atoms with Crippen molar-refractivity contribution >= 4 is 0 Å². The molecule has 5 atom stereocenters. The second-order valence-corrected chi connectivity index (χ2v) is 8.37. The molecule has 0 heteroatoms. The number of hydrogen-bond acceptors (Lipinski definition) is 0. The maximum Gasteiger partial charge on any atom is -0.0380 e. The molecule has 21 heavy (non-hydrogen) atoms. The Balaban J connectivity index is 1.44. The van der Waals surface area contributed by atoms with Crippen molar-refractivity contribution in [2.45, 2.75) is 104 Å². The van der Waals surface area contributed by atoms with Crippen LogP contribution in [0.5, 0.6) is 0 Å². The van der Waals surface area contributed by atoms with Gasteiger partial charge in [0, 0.05) is 0 Å². The van der Waals surface area contributed by atoms with Gasteiger partial charge in [0.1, 0.15) is 0 Å². The highest BCUT2D eigenvalue weighted by Gasteiger charge is 2.43. The van der Waals surface area contributed by atoms with Gasteiger partial charge in [-0.15, -0.1) is 0 Å². The van der Waals surface area contributed by atoms with Gasteiger partial charge in [-0.25, -0.2) is 0 Å². The molecule has 0 amide bonds. The highest BCUT2D eigenvalue weighted by Crippen LogP contribution is 2.53. The fourth-order valence-electron chi connectivity index (χ4n) is 4.28. The van der Waals surface area contributed by atoms with E-state index in [0.717, 1.165) is 29.6 Å². The average Bonchev–Trinajstić information content (AvgIpc) is 3.38. The van der Waals surface area contributed by atoms with Gasteiger partial charge < -0.3 is 0 Å². The van der Waals surface area contributed by atoms with Crippen LogP contribution in [0.25, 0.3) is 0 Å². The van der Waals surface area contributed by atoms with Crippen LogP contribution in [0, 0.1) is 29.6 Å². The molecule has 0 nitrogen and oxygen atoms in total. The van der Waals surface area contributed by atoms with Gasteiger partial charge >= 0.3 is 0 Å². The second-order valence-electron chi connectivity index (χ2n) is 8.37. The highest BCUT2D eigenvalue weighted by molar-refractivity contribution is 4.93. The minimum atomic E-state index is 1.04. The van der Waals surface area contributed by atoms with E-state index in [1.54, 1.807) is 25.7 Å². The lowest BCUT2D eigenvalue weighted by atomic mass is 9.92. The highest BCUT2D eigenvalue weighted by atomic mass is 14.5. The Morgan fingerprint density at radius 1 is 0.810 bits per heavy atom. The van der Waals surface area contributed by atoms with Crippen molar-refractivity contribution in [1.29, 1.82) is 0 Å². The van der Waals surface area contributed by atoms with Crippen molar-refractivity contribution in [3.63, 3.8) is 0 Å². The van der Waals surface area contributed by atoms with Crippen LogP contribution in [0.2, 0.25) is 0 Å². The molecule has 0 aliphatic heterocycles. The topological polar surface area (TPSA) is 0 Å². The molecular weight excluding hydrogens is 252 g/mol. The molecule has 5 unspecified atom stereocenters. The molecule has 0 aromatic heterocycles. The van der Waals surface area contributed by atoms with E-state index in [4.69, 9.17) is 0 Å². The molecule has 0 saturated heterocycles. The summed E-state index contributed by atoms with van der Waals surface area (Å²) in [5.74, 6) is 5.52. The van der Waals surface area contributed by atoms with E-state index in [1.165, 1.54) is 57.8 Å². The number of hydrogen-bond donors (Lipinski definition) is 0. The van der Waals surface area contributed by atoms with Crippen LogP contribution in [-0.2, 0) is 0 Å². The second kappa shape index (κ2) is 9.21. The minimum Gasteiger partial charge on any atom is -0.0654 e. The largest absolute Gasteiger partial charge is 0.0654 e. The minimum absolute atomic E-state index is 1.04. The van der Waals surface area contributed by atoms with Crippen LogP contribution in [-0.4, -0.2) is 0 Å². The van der Waals surface area contributed by atoms with Gasteiger partial charge in [-0.3, -0.25) is 0 Å². The molecule has 0 N–H and O–H groups in total. The molecule has 0 bridgehead atoms. The summed E-state index contributed by atoms with van der Waals surface area (Å²) >= 11 is 0. The third-order valence-electron chi connectivity index (χ3n) is 6.44. The molecule has 0 aromatic rings. The Labute approximate surface area is 134 Å². The van der Waals surface area contributed by atoms with Gasteiger partial charge in [0.15, 0.2) is 0 Å². The average molecular weight is 293 g/mol. The van der Waals surface area contributed by atoms with Gasteiger partial charge in [-0.1, -0.05) is 78.6 Å². The zero-order valence-electron chi connectivity index (χ0n) is 15.1. The quantitative estimate of drug-likeness (QED) is 0.314. The van der Waals surface area contributed by atoms with Gasteiger partial charge in [-0.2, -0.15) is 0 Å². The zero-order valence-corrected chi connectivity index (χ0v) is 15.1. The van der Waals surface area contributed by atoms with E-state index in [1.807, 2.05) is 0 Å². The molecule has 2 fully saturated rings. The van der Waals surface area contributed by atoms with Gasteiger partial charge in [0.2, 0.25) is 0 Å². The van der Waals surface area contributed by atoms with Crippen LogP contribution >= 0.6 is 0 Å². The van der Waals surface area contributed by atoms with Crippen molar-refractivity contribution < 1.29 is 0 Å². The smallest absolute Gasteiger partial charge is 0.0380 e. The number of rotatable bonds is 13. The molecule has 0 aromatic carbocycles. The standard InChI is InChI=1S/C21H40/c1-4-6-7-8-9-10-11-18(5-2)12-13-19-15-21(19)16-20-14-17(20)3/h17-21H,4-16H2,1-3H3. The van der Waals surface area contributed by atoms with E-state index in [-0.39, 0.29) is 0 Å². The van der Waals surface area contributed by atoms with E-state index in [0.29, 0.717) is 0 Å². The monoisotopic (exact) mass is 292 g/mol. The van der Waals surface area contributed by atoms with Crippen LogP contribution in [0.3, 0.4) is 0 Å². The molecular formula is C21H40. The summed E-state index contributed by atoms with van der Waals surface area (Å²) in [5.41, 5.74) is 0. The van der Waals surface area contributed by atoms with Crippen molar-refractivity contribution in [3.8, 4) is 0 Å². The molecule has 2 rings (SSSR count). The molecule has 2 saturated carbocycles. The van der Waals surface area contributed by atoms with Gasteiger partial charge in [0.05, 0.1) is 0 Å². The summed E-state index contributed by atoms with van der Waals surface area (Å²) in [6.07, 6.45) is 19.5. The fraction of sp³-hybridized carbons (Fsp3) is 1.00. The van der Waals surface area contributed by atoms with Crippen LogP contribution in [0.15, 0.2) is 0 Å². The van der Waals surface area contributed by atoms with Crippen LogP contribution < -0.4 is 0 Å². The molecule has 0 heterocycles. The lowest BCUT2D eigenvalue weighted by Crippen LogP contribution is -2.00. The lowest BCUT2D eigenvalue weighted by Gasteiger charge is -2.14. The van der Waals surface area contributed by atoms with E-state index < -0.39 is 0 Å². The Kier molecular flexibility index (Phi) is 7.61. The first-order valence-electron chi connectivity index (χ1n) is 10.2. The van der Waals surface area contributed by atoms with Crippen molar-refractivity contribution in [2.75, 3.05) is 0 Å². The first-order chi connectivity index (χ1) is 10.2. The summed E-state index contributed by atoms with van der Waals surface area (Å²) in [5, 5.41) is 0. The summed E-state index contributed by atoms with van der Waals surface area (Å²) in [6, 6.07) is 0. The fourth-order valence-corrected chi connectivity index (χ4v) is 4.28. The van der Waals surface area contributed by atoms with Crippen molar-refractivity contribution in [1.82, 2.24) is 0 Å². The summed E-state index contributed by atoms with van der Waals surface area (Å²) in [4.78, 5) is 0. The summed E-state index contributed by atoms with van der Waals surface area (Å²) in [6.45, 7) is 7.16. The predicted octanol–water partition coefficient (Wildman–Crippen LogP) is 7.23. The maximum atomic E-state index is 2.44. The van der Waals surface area contributed by atoms with Gasteiger partial charge in [-0.05, 0) is 55.3 Å². The Morgan fingerprint density at radius 3 is 2.19 bits per heavy atom. The maximum absolute atomic E-state index is 2.44. The normalized spacial score (nSPS) is 32.1. The first kappa shape index (κ1) is 17.4. The summed E-state index contributed by atoms with van der Waals surface area (Å²) in [7, 11) is 0. The molecule has 124 valence electrons. The van der Waals surface area contributed by atoms with Crippen LogP contribution in [0.4, 0.5) is 0 Å². The third-order valence-corrected chi connectivity index (χ3v) is 6.44. The SMILES string of the molecule is CCCCCCCCC(CC)CCC1CC1CC1CC1C. The van der Waals surface area contributed by atoms with E-state index in [2.05, 4.69) is 20.8 Å². The van der Waals surface area contributed by atoms with Crippen LogP contribution in [0.1, 0.15) is 104 Å². The van der Waals surface area contributed by atoms with E-state index in [9.17, 15) is 0 Å². The predicted molar refractivity (Wildman–Crippen MR) is 94.5 cm³/mol. The first-order valence-corrected chi connectivity index (χ1v) is 10.2. The Hall–Kier alpha value is 0. The summed E-state index contributed by atoms with van der Waals surface area (Å²) < 4.78 is 0. The number of unbranched alkanes of at least 4 members (excludes halogenated alkanes) is 5. The molecule has 0 spiro atoms. The Bertz CT molecular complexity index is 269. The van der Waals surface area contributed by atoms with Gasteiger partial charge in [0.25, 0.3) is 0 Å². The zero-order chi connectivity index (χ0) is 15.1. The van der Waals surface area contributed by atoms with Crippen molar-refractivity contribution in [3.05, 3.63) is 0 Å². The molecule has 2 aliphatic carbocycles. The third kappa shape index (κ3) is 6.74.